The monoisotopic (exact) mass is 338 g/mol. The molecule has 0 amide bonds. The molecule has 0 saturated carbocycles. The third-order valence-corrected chi connectivity index (χ3v) is 4.58. The summed E-state index contributed by atoms with van der Waals surface area (Å²) in [7, 11) is 0. The predicted molar refractivity (Wildman–Crippen MR) is 104 cm³/mol. The molecule has 1 aromatic heterocycles. The summed E-state index contributed by atoms with van der Waals surface area (Å²) in [6.45, 7) is 1.97. The first-order valence-corrected chi connectivity index (χ1v) is 8.50. The van der Waals surface area contributed by atoms with Gasteiger partial charge in [-0.3, -0.25) is 4.57 Å². The molecule has 0 spiro atoms. The maximum absolute atomic E-state index is 9.37. The molecule has 4 rings (SSSR count). The van der Waals surface area contributed by atoms with E-state index in [1.807, 2.05) is 67.8 Å². The Labute approximate surface area is 152 Å². The molecular formula is C22H18N4. The predicted octanol–water partition coefficient (Wildman–Crippen LogP) is 4.58. The molecule has 2 N–H and O–H groups in total. The van der Waals surface area contributed by atoms with Crippen LogP contribution in [0.2, 0.25) is 0 Å². The summed E-state index contributed by atoms with van der Waals surface area (Å²) in [4.78, 5) is 4.53. The molecule has 4 heteroatoms. The normalized spacial score (nSPS) is 12.0. The number of rotatable bonds is 3. The molecule has 4 aromatic rings. The molecule has 126 valence electrons. The van der Waals surface area contributed by atoms with Gasteiger partial charge in [0.2, 0.25) is 0 Å². The number of hydrogen-bond acceptors (Lipinski definition) is 3. The van der Waals surface area contributed by atoms with Crippen molar-refractivity contribution in [2.24, 2.45) is 5.73 Å². The molecule has 0 aliphatic rings. The van der Waals surface area contributed by atoms with Crippen molar-refractivity contribution in [1.82, 2.24) is 9.55 Å². The molecule has 1 heterocycles. The van der Waals surface area contributed by atoms with Crippen molar-refractivity contribution >= 4 is 11.0 Å². The van der Waals surface area contributed by atoms with Crippen LogP contribution in [-0.2, 0) is 0 Å². The third-order valence-electron chi connectivity index (χ3n) is 4.58. The van der Waals surface area contributed by atoms with Crippen molar-refractivity contribution in [3.8, 4) is 22.9 Å². The molecule has 1 unspecified atom stereocenters. The lowest BCUT2D eigenvalue weighted by atomic mass is 10.00. The van der Waals surface area contributed by atoms with Crippen LogP contribution in [0.15, 0.2) is 73.1 Å². The van der Waals surface area contributed by atoms with E-state index in [-0.39, 0.29) is 6.04 Å². The van der Waals surface area contributed by atoms with Crippen molar-refractivity contribution in [2.45, 2.75) is 13.0 Å². The summed E-state index contributed by atoms with van der Waals surface area (Å²) in [5.74, 6) is 0. The molecule has 0 bridgehead atoms. The van der Waals surface area contributed by atoms with Gasteiger partial charge in [-0.25, -0.2) is 4.98 Å². The Balaban J connectivity index is 1.83. The lowest BCUT2D eigenvalue weighted by molar-refractivity contribution is 0.819. The second-order valence-electron chi connectivity index (χ2n) is 6.36. The average molecular weight is 338 g/mol. The van der Waals surface area contributed by atoms with Crippen molar-refractivity contribution in [2.75, 3.05) is 0 Å². The Morgan fingerprint density at radius 2 is 1.88 bits per heavy atom. The summed E-state index contributed by atoms with van der Waals surface area (Å²) in [6, 6.07) is 24.2. The highest BCUT2D eigenvalue weighted by atomic mass is 15.0. The maximum atomic E-state index is 9.37. The highest BCUT2D eigenvalue weighted by molar-refractivity contribution is 5.79. The summed E-state index contributed by atoms with van der Waals surface area (Å²) >= 11 is 0. The highest BCUT2D eigenvalue weighted by Crippen LogP contribution is 2.27. The van der Waals surface area contributed by atoms with E-state index in [9.17, 15) is 5.26 Å². The zero-order chi connectivity index (χ0) is 18.1. The third kappa shape index (κ3) is 2.75. The number of imidazole rings is 1. The minimum Gasteiger partial charge on any atom is -0.324 e. The number of nitrogens with zero attached hydrogens (tertiary/aromatic N) is 3. The van der Waals surface area contributed by atoms with Gasteiger partial charge in [0.05, 0.1) is 22.7 Å². The first kappa shape index (κ1) is 16.1. The number of aromatic nitrogens is 2. The second-order valence-corrected chi connectivity index (χ2v) is 6.36. The van der Waals surface area contributed by atoms with Crippen LogP contribution in [0.25, 0.3) is 27.8 Å². The summed E-state index contributed by atoms with van der Waals surface area (Å²) < 4.78 is 2.05. The number of fused-ring (bicyclic) bond motifs is 1. The number of benzene rings is 3. The van der Waals surface area contributed by atoms with Gasteiger partial charge >= 0.3 is 0 Å². The van der Waals surface area contributed by atoms with E-state index < -0.39 is 0 Å². The van der Waals surface area contributed by atoms with Gasteiger partial charge in [-0.1, -0.05) is 36.4 Å². The fourth-order valence-electron chi connectivity index (χ4n) is 3.17. The molecule has 0 aliphatic carbocycles. The quantitative estimate of drug-likeness (QED) is 0.594. The lowest BCUT2D eigenvalue weighted by Gasteiger charge is -2.10. The van der Waals surface area contributed by atoms with Gasteiger partial charge < -0.3 is 5.73 Å². The molecule has 0 fully saturated rings. The Morgan fingerprint density at radius 1 is 1.04 bits per heavy atom. The number of hydrogen-bond donors (Lipinski definition) is 1. The molecular weight excluding hydrogens is 320 g/mol. The van der Waals surface area contributed by atoms with Gasteiger partial charge in [-0.2, -0.15) is 5.26 Å². The van der Waals surface area contributed by atoms with Crippen molar-refractivity contribution in [1.29, 1.82) is 5.26 Å². The molecule has 0 radical (unpaired) electrons. The molecule has 3 aromatic carbocycles. The van der Waals surface area contributed by atoms with Gasteiger partial charge in [0, 0.05) is 11.7 Å². The first-order valence-electron chi connectivity index (χ1n) is 8.50. The molecule has 0 aliphatic heterocycles. The van der Waals surface area contributed by atoms with Gasteiger partial charge in [0.25, 0.3) is 0 Å². The van der Waals surface area contributed by atoms with E-state index in [0.29, 0.717) is 5.56 Å². The van der Waals surface area contributed by atoms with Gasteiger partial charge in [-0.15, -0.1) is 0 Å². The van der Waals surface area contributed by atoms with Crippen LogP contribution >= 0.6 is 0 Å². The van der Waals surface area contributed by atoms with Gasteiger partial charge in [0.15, 0.2) is 0 Å². The zero-order valence-corrected chi connectivity index (χ0v) is 14.4. The Kier molecular flexibility index (Phi) is 4.00. The maximum Gasteiger partial charge on any atom is 0.100 e. The Bertz CT molecular complexity index is 1130. The van der Waals surface area contributed by atoms with E-state index in [2.05, 4.69) is 27.8 Å². The smallest absolute Gasteiger partial charge is 0.100 e. The minimum atomic E-state index is -0.0182. The van der Waals surface area contributed by atoms with E-state index in [1.54, 1.807) is 0 Å². The zero-order valence-electron chi connectivity index (χ0n) is 14.4. The Hall–Kier alpha value is -3.42. The standard InChI is InChI=1S/C22H18N4/c1-15(24)16-9-10-22-21(12-16)25-14-26(22)19-7-4-6-17(11-19)20-8-3-2-5-18(20)13-23/h2-12,14-15H,24H2,1H3. The average Bonchev–Trinajstić information content (AvgIpc) is 3.11. The van der Waals surface area contributed by atoms with Crippen LogP contribution in [0.3, 0.4) is 0 Å². The summed E-state index contributed by atoms with van der Waals surface area (Å²) in [6.07, 6.45) is 1.82. The SMILES string of the molecule is CC(N)c1ccc2c(c1)ncn2-c1cccc(-c2ccccc2C#N)c1. The molecule has 0 saturated heterocycles. The minimum absolute atomic E-state index is 0.0182. The van der Waals surface area contributed by atoms with Crippen molar-refractivity contribution < 1.29 is 0 Å². The number of nitrogens with two attached hydrogens (primary N) is 1. The van der Waals surface area contributed by atoms with Crippen molar-refractivity contribution in [3.05, 3.63) is 84.2 Å². The van der Waals surface area contributed by atoms with Crippen LogP contribution in [-0.4, -0.2) is 9.55 Å². The summed E-state index contributed by atoms with van der Waals surface area (Å²) in [5, 5.41) is 9.37. The van der Waals surface area contributed by atoms with Gasteiger partial charge in [-0.05, 0) is 53.9 Å². The molecule has 1 atom stereocenters. The van der Waals surface area contributed by atoms with Crippen LogP contribution in [0, 0.1) is 11.3 Å². The van der Waals surface area contributed by atoms with Crippen LogP contribution in [0.5, 0.6) is 0 Å². The fraction of sp³-hybridized carbons (Fsp3) is 0.0909. The highest BCUT2D eigenvalue weighted by Gasteiger charge is 2.09. The largest absolute Gasteiger partial charge is 0.324 e. The van der Waals surface area contributed by atoms with Gasteiger partial charge in [0.1, 0.15) is 6.33 Å². The van der Waals surface area contributed by atoms with E-state index in [1.165, 1.54) is 0 Å². The summed E-state index contributed by atoms with van der Waals surface area (Å²) in [5.41, 5.74) is 12.6. The topological polar surface area (TPSA) is 67.6 Å². The van der Waals surface area contributed by atoms with Crippen LogP contribution in [0.4, 0.5) is 0 Å². The molecule has 26 heavy (non-hydrogen) atoms. The Morgan fingerprint density at radius 3 is 2.69 bits per heavy atom. The fourth-order valence-corrected chi connectivity index (χ4v) is 3.17. The first-order chi connectivity index (χ1) is 12.7. The van der Waals surface area contributed by atoms with E-state index in [0.717, 1.165) is 33.4 Å². The van der Waals surface area contributed by atoms with Crippen LogP contribution in [0.1, 0.15) is 24.1 Å². The van der Waals surface area contributed by atoms with Crippen LogP contribution < -0.4 is 5.73 Å². The van der Waals surface area contributed by atoms with Crippen molar-refractivity contribution in [3.63, 3.8) is 0 Å². The second kappa shape index (κ2) is 6.47. The van der Waals surface area contributed by atoms with E-state index >= 15 is 0 Å². The number of nitriles is 1. The lowest BCUT2D eigenvalue weighted by Crippen LogP contribution is -2.04. The van der Waals surface area contributed by atoms with E-state index in [4.69, 9.17) is 5.73 Å². The molecule has 4 nitrogen and oxygen atoms in total.